The topological polar surface area (TPSA) is 39.7 Å². The van der Waals surface area contributed by atoms with E-state index in [1.54, 1.807) is 0 Å². The van der Waals surface area contributed by atoms with Crippen LogP contribution in [0.5, 0.6) is 11.5 Å². The maximum absolute atomic E-state index is 6.84. The largest absolute Gasteiger partial charge is 0.454 e. The number of benzene rings is 4. The summed E-state index contributed by atoms with van der Waals surface area (Å²) in [4.78, 5) is 0. The molecule has 4 aromatic carbocycles. The van der Waals surface area contributed by atoms with E-state index in [0.717, 1.165) is 40.8 Å². The van der Waals surface area contributed by atoms with Gasteiger partial charge in [-0.05, 0) is 78.6 Å². The molecule has 4 aromatic rings. The van der Waals surface area contributed by atoms with Crippen molar-refractivity contribution in [3.05, 3.63) is 102 Å². The molecule has 1 N–H and O–H groups in total. The van der Waals surface area contributed by atoms with Crippen LogP contribution in [0, 0.1) is 0 Å². The molecule has 1 aliphatic heterocycles. The fraction of sp³-hybridized carbons (Fsp3) is 0.267. The van der Waals surface area contributed by atoms with Crippen LogP contribution >= 0.6 is 0 Å². The quantitative estimate of drug-likeness (QED) is 0.276. The second-order valence-electron chi connectivity index (χ2n) is 10.6. The van der Waals surface area contributed by atoms with Gasteiger partial charge in [-0.25, -0.2) is 0 Å². The van der Waals surface area contributed by atoms with Crippen LogP contribution < -0.4 is 14.8 Å². The van der Waals surface area contributed by atoms with E-state index in [9.17, 15) is 0 Å². The van der Waals surface area contributed by atoms with Crippen molar-refractivity contribution in [3.63, 3.8) is 0 Å². The highest BCUT2D eigenvalue weighted by molar-refractivity contribution is 6.69. The average Bonchev–Trinajstić information content (AvgIpc) is 3.46. The van der Waals surface area contributed by atoms with E-state index < -0.39 is 8.32 Å². The predicted molar refractivity (Wildman–Crippen MR) is 144 cm³/mol. The van der Waals surface area contributed by atoms with Crippen LogP contribution in [0.25, 0.3) is 10.8 Å². The number of rotatable bonds is 7. The first-order valence-electron chi connectivity index (χ1n) is 12.3. The first-order chi connectivity index (χ1) is 16.9. The zero-order chi connectivity index (χ0) is 24.0. The standard InChI is InChI=1S/C30H31NO3Si/c1-35(2,3)34-30(14-15-30)25-16-23-18-27-28(33-20-32-27)19-24(23)17-26(25)31-29(21-10-6-4-7-11-21)22-12-8-5-9-13-22/h4-13,16-19,29,31H,14-15,20H2,1-3H3. The summed E-state index contributed by atoms with van der Waals surface area (Å²) in [7, 11) is -1.76. The number of anilines is 1. The van der Waals surface area contributed by atoms with E-state index in [0.29, 0.717) is 0 Å². The number of hydrogen-bond donors (Lipinski definition) is 1. The third-order valence-corrected chi connectivity index (χ3v) is 7.73. The summed E-state index contributed by atoms with van der Waals surface area (Å²) in [5.41, 5.74) is 4.58. The molecule has 0 spiro atoms. The third-order valence-electron chi connectivity index (χ3n) is 6.73. The van der Waals surface area contributed by atoms with Gasteiger partial charge in [0.15, 0.2) is 19.8 Å². The van der Waals surface area contributed by atoms with Gasteiger partial charge in [-0.3, -0.25) is 0 Å². The Morgan fingerprint density at radius 2 is 1.31 bits per heavy atom. The summed E-state index contributed by atoms with van der Waals surface area (Å²) < 4.78 is 18.2. The van der Waals surface area contributed by atoms with Gasteiger partial charge in [0.25, 0.3) is 0 Å². The number of fused-ring (bicyclic) bond motifs is 2. The van der Waals surface area contributed by atoms with Crippen molar-refractivity contribution in [2.24, 2.45) is 0 Å². The lowest BCUT2D eigenvalue weighted by Gasteiger charge is -2.30. The maximum Gasteiger partial charge on any atom is 0.231 e. The van der Waals surface area contributed by atoms with Crippen molar-refractivity contribution in [1.29, 1.82) is 0 Å². The first kappa shape index (κ1) is 22.2. The van der Waals surface area contributed by atoms with Crippen molar-refractivity contribution < 1.29 is 13.9 Å². The van der Waals surface area contributed by atoms with Crippen LogP contribution in [0.15, 0.2) is 84.9 Å². The predicted octanol–water partition coefficient (Wildman–Crippen LogP) is 7.61. The Hall–Kier alpha value is -3.28. The molecule has 2 aliphatic rings. The van der Waals surface area contributed by atoms with E-state index in [4.69, 9.17) is 13.9 Å². The minimum Gasteiger partial charge on any atom is -0.454 e. The highest BCUT2D eigenvalue weighted by atomic mass is 28.4. The second kappa shape index (κ2) is 8.43. The third kappa shape index (κ3) is 4.42. The summed E-state index contributed by atoms with van der Waals surface area (Å²) in [6.45, 7) is 7.10. The SMILES string of the molecule is C[Si](C)(C)OC1(c2cc3cc4c(cc3cc2NC(c2ccccc2)c2ccccc2)OCO4)CC1. The molecule has 0 amide bonds. The fourth-order valence-corrected chi connectivity index (χ4v) is 6.60. The molecule has 0 unspecified atom stereocenters. The van der Waals surface area contributed by atoms with Gasteiger partial charge in [-0.15, -0.1) is 0 Å². The van der Waals surface area contributed by atoms with Crippen LogP contribution in [0.1, 0.15) is 35.6 Å². The Balaban J connectivity index is 1.50. The molecular weight excluding hydrogens is 450 g/mol. The number of ether oxygens (including phenoxy) is 2. The molecule has 1 saturated carbocycles. The lowest BCUT2D eigenvalue weighted by atomic mass is 9.95. The van der Waals surface area contributed by atoms with Crippen LogP contribution in [-0.2, 0) is 10.0 Å². The molecule has 0 atom stereocenters. The van der Waals surface area contributed by atoms with E-state index in [2.05, 4.69) is 110 Å². The van der Waals surface area contributed by atoms with Crippen LogP contribution in [0.2, 0.25) is 19.6 Å². The van der Waals surface area contributed by atoms with Gasteiger partial charge in [0.1, 0.15) is 0 Å². The summed E-state index contributed by atoms with van der Waals surface area (Å²) in [5.74, 6) is 1.62. The molecule has 0 aromatic heterocycles. The summed E-state index contributed by atoms with van der Waals surface area (Å²) in [6.07, 6.45) is 2.09. The van der Waals surface area contributed by atoms with Gasteiger partial charge >= 0.3 is 0 Å². The summed E-state index contributed by atoms with van der Waals surface area (Å²) >= 11 is 0. The normalized spacial score (nSPS) is 16.0. The van der Waals surface area contributed by atoms with Gasteiger partial charge in [0.05, 0.1) is 11.6 Å². The lowest BCUT2D eigenvalue weighted by Crippen LogP contribution is -2.32. The number of nitrogens with one attached hydrogen (secondary N) is 1. The van der Waals surface area contributed by atoms with Crippen molar-refractivity contribution in [2.75, 3.05) is 12.1 Å². The highest BCUT2D eigenvalue weighted by Gasteiger charge is 2.49. The zero-order valence-electron chi connectivity index (χ0n) is 20.5. The van der Waals surface area contributed by atoms with Crippen LogP contribution in [-0.4, -0.2) is 15.1 Å². The molecule has 0 radical (unpaired) electrons. The van der Waals surface area contributed by atoms with Gasteiger partial charge < -0.3 is 19.2 Å². The van der Waals surface area contributed by atoms with Gasteiger partial charge in [0.2, 0.25) is 6.79 Å². The van der Waals surface area contributed by atoms with Crippen molar-refractivity contribution >= 4 is 24.8 Å². The summed E-state index contributed by atoms with van der Waals surface area (Å²) in [5, 5.41) is 6.21. The van der Waals surface area contributed by atoms with Crippen molar-refractivity contribution in [1.82, 2.24) is 0 Å². The van der Waals surface area contributed by atoms with Gasteiger partial charge in [-0.2, -0.15) is 0 Å². The maximum atomic E-state index is 6.84. The average molecular weight is 482 g/mol. The van der Waals surface area contributed by atoms with E-state index in [-0.39, 0.29) is 18.4 Å². The van der Waals surface area contributed by atoms with E-state index in [1.807, 2.05) is 0 Å². The van der Waals surface area contributed by atoms with Crippen LogP contribution in [0.3, 0.4) is 0 Å². The molecule has 0 bridgehead atoms. The van der Waals surface area contributed by atoms with Crippen molar-refractivity contribution in [3.8, 4) is 11.5 Å². The highest BCUT2D eigenvalue weighted by Crippen LogP contribution is 2.54. The molecule has 1 fully saturated rings. The summed E-state index contributed by atoms with van der Waals surface area (Å²) in [6, 6.07) is 30.1. The van der Waals surface area contributed by atoms with E-state index in [1.165, 1.54) is 16.7 Å². The lowest BCUT2D eigenvalue weighted by molar-refractivity contribution is 0.173. The minimum absolute atomic E-state index is 0.0188. The van der Waals surface area contributed by atoms with Gasteiger partial charge in [0, 0.05) is 11.3 Å². The molecule has 4 nitrogen and oxygen atoms in total. The molecule has 6 rings (SSSR count). The molecule has 0 saturated heterocycles. The Morgan fingerprint density at radius 3 is 1.83 bits per heavy atom. The Labute approximate surface area is 208 Å². The first-order valence-corrected chi connectivity index (χ1v) is 15.8. The zero-order valence-corrected chi connectivity index (χ0v) is 21.5. The van der Waals surface area contributed by atoms with E-state index >= 15 is 0 Å². The Morgan fingerprint density at radius 1 is 0.771 bits per heavy atom. The Kier molecular flexibility index (Phi) is 5.35. The molecule has 5 heteroatoms. The molecule has 1 heterocycles. The molecular formula is C30H31NO3Si. The molecule has 1 aliphatic carbocycles. The second-order valence-corrected chi connectivity index (χ2v) is 15.0. The van der Waals surface area contributed by atoms with Crippen molar-refractivity contribution in [2.45, 2.75) is 44.1 Å². The van der Waals surface area contributed by atoms with Gasteiger partial charge in [-0.1, -0.05) is 60.7 Å². The molecule has 35 heavy (non-hydrogen) atoms. The Bertz CT molecular complexity index is 1320. The van der Waals surface area contributed by atoms with Crippen LogP contribution in [0.4, 0.5) is 5.69 Å². The smallest absolute Gasteiger partial charge is 0.231 e. The molecule has 178 valence electrons. The fourth-order valence-electron chi connectivity index (χ4n) is 5.12. The number of hydrogen-bond acceptors (Lipinski definition) is 4. The monoisotopic (exact) mass is 481 g/mol. The minimum atomic E-state index is -1.76.